The first-order valence-corrected chi connectivity index (χ1v) is 8.14. The molecule has 2 N–H and O–H groups in total. The van der Waals surface area contributed by atoms with Gasteiger partial charge in [-0.1, -0.05) is 6.92 Å². The molecule has 18 heavy (non-hydrogen) atoms. The lowest BCUT2D eigenvalue weighted by Crippen LogP contribution is -2.52. The summed E-state index contributed by atoms with van der Waals surface area (Å²) in [7, 11) is 1.34. The molecule has 0 spiro atoms. The third-order valence-corrected chi connectivity index (χ3v) is 7.38. The standard InChI is InChI=1S/C12H22FNO2S2/c1-8(11(15)16-3)10(7-13)12(9(2)14)17-5-4-6-18-12/h8-10H,4-7,14H2,1-3H3. The van der Waals surface area contributed by atoms with E-state index in [1.54, 1.807) is 30.4 Å². The number of rotatable bonds is 5. The van der Waals surface area contributed by atoms with Crippen molar-refractivity contribution in [2.24, 2.45) is 17.6 Å². The molecule has 0 aliphatic carbocycles. The fraction of sp³-hybridized carbons (Fsp3) is 0.917. The van der Waals surface area contributed by atoms with Crippen LogP contribution in [0.2, 0.25) is 0 Å². The second kappa shape index (κ2) is 7.01. The van der Waals surface area contributed by atoms with Crippen LogP contribution in [0, 0.1) is 11.8 Å². The largest absolute Gasteiger partial charge is 0.469 e. The van der Waals surface area contributed by atoms with E-state index in [0.717, 1.165) is 17.9 Å². The van der Waals surface area contributed by atoms with Gasteiger partial charge in [0.05, 0.1) is 23.8 Å². The van der Waals surface area contributed by atoms with E-state index < -0.39 is 22.6 Å². The quantitative estimate of drug-likeness (QED) is 0.789. The summed E-state index contributed by atoms with van der Waals surface area (Å²) in [5.41, 5.74) is 6.10. The molecule has 0 saturated carbocycles. The maximum atomic E-state index is 13.5. The number of nitrogens with two attached hydrogens (primary N) is 1. The van der Waals surface area contributed by atoms with Crippen LogP contribution in [0.15, 0.2) is 0 Å². The molecule has 3 unspecified atom stereocenters. The summed E-state index contributed by atoms with van der Waals surface area (Å²) in [6.45, 7) is 3.09. The van der Waals surface area contributed by atoms with E-state index in [-0.39, 0.29) is 12.0 Å². The van der Waals surface area contributed by atoms with E-state index in [9.17, 15) is 9.18 Å². The Balaban J connectivity index is 2.97. The third-order valence-electron chi connectivity index (χ3n) is 3.44. The smallest absolute Gasteiger partial charge is 0.308 e. The zero-order valence-corrected chi connectivity index (χ0v) is 12.8. The minimum atomic E-state index is -0.544. The lowest BCUT2D eigenvalue weighted by molar-refractivity contribution is -0.147. The summed E-state index contributed by atoms with van der Waals surface area (Å²) < 4.78 is 17.8. The van der Waals surface area contributed by atoms with Crippen LogP contribution < -0.4 is 5.73 Å². The number of halogens is 1. The topological polar surface area (TPSA) is 52.3 Å². The Labute approximate surface area is 117 Å². The summed E-state index contributed by atoms with van der Waals surface area (Å²) in [5.74, 6) is 0.714. The molecule has 3 nitrogen and oxygen atoms in total. The highest BCUT2D eigenvalue weighted by molar-refractivity contribution is 8.18. The van der Waals surface area contributed by atoms with Crippen molar-refractivity contribution in [1.29, 1.82) is 0 Å². The second-order valence-electron chi connectivity index (χ2n) is 4.63. The lowest BCUT2D eigenvalue weighted by Gasteiger charge is -2.45. The van der Waals surface area contributed by atoms with E-state index in [0.29, 0.717) is 0 Å². The first-order chi connectivity index (χ1) is 8.49. The van der Waals surface area contributed by atoms with E-state index >= 15 is 0 Å². The van der Waals surface area contributed by atoms with Gasteiger partial charge in [0.15, 0.2) is 0 Å². The minimum Gasteiger partial charge on any atom is -0.469 e. The average Bonchev–Trinajstić information content (AvgIpc) is 2.39. The van der Waals surface area contributed by atoms with Crippen LogP contribution in [0.25, 0.3) is 0 Å². The summed E-state index contributed by atoms with van der Waals surface area (Å²) in [6, 6.07) is -0.166. The summed E-state index contributed by atoms with van der Waals surface area (Å²) in [5, 5.41) is 0. The summed E-state index contributed by atoms with van der Waals surface area (Å²) in [4.78, 5) is 11.7. The predicted octanol–water partition coefficient (Wildman–Crippen LogP) is 2.29. The zero-order chi connectivity index (χ0) is 13.8. The monoisotopic (exact) mass is 295 g/mol. The molecule has 106 valence electrons. The van der Waals surface area contributed by atoms with Crippen molar-refractivity contribution in [2.45, 2.75) is 30.4 Å². The Morgan fingerprint density at radius 2 is 2.00 bits per heavy atom. The third kappa shape index (κ3) is 3.14. The summed E-state index contributed by atoms with van der Waals surface area (Å²) >= 11 is 3.40. The number of esters is 1. The van der Waals surface area contributed by atoms with E-state index in [1.165, 1.54) is 7.11 Å². The molecule has 1 aliphatic heterocycles. The van der Waals surface area contributed by atoms with Crippen molar-refractivity contribution in [3.8, 4) is 0 Å². The minimum absolute atomic E-state index is 0.166. The van der Waals surface area contributed by atoms with Gasteiger partial charge in [-0.25, -0.2) is 0 Å². The van der Waals surface area contributed by atoms with Gasteiger partial charge in [0.1, 0.15) is 0 Å². The molecule has 1 heterocycles. The normalized spacial score (nSPS) is 24.1. The first kappa shape index (κ1) is 16.1. The fourth-order valence-electron chi connectivity index (χ4n) is 2.32. The molecule has 0 aromatic rings. The Morgan fingerprint density at radius 1 is 1.44 bits per heavy atom. The molecule has 0 bridgehead atoms. The van der Waals surface area contributed by atoms with Crippen molar-refractivity contribution in [2.75, 3.05) is 25.3 Å². The molecular formula is C12H22FNO2S2. The highest BCUT2D eigenvalue weighted by Gasteiger charge is 2.48. The number of hydrogen-bond donors (Lipinski definition) is 1. The fourth-order valence-corrected chi connectivity index (χ4v) is 6.04. The van der Waals surface area contributed by atoms with Crippen LogP contribution in [-0.2, 0) is 9.53 Å². The van der Waals surface area contributed by atoms with Crippen molar-refractivity contribution in [3.05, 3.63) is 0 Å². The second-order valence-corrected chi connectivity index (χ2v) is 7.64. The first-order valence-electron chi connectivity index (χ1n) is 6.16. The van der Waals surface area contributed by atoms with Crippen LogP contribution >= 0.6 is 23.5 Å². The molecule has 1 aliphatic rings. The van der Waals surface area contributed by atoms with Crippen molar-refractivity contribution >= 4 is 29.5 Å². The number of ether oxygens (including phenoxy) is 1. The van der Waals surface area contributed by atoms with Crippen LogP contribution in [0.3, 0.4) is 0 Å². The number of carbonyl (C=O) groups is 1. The molecule has 0 aromatic carbocycles. The molecular weight excluding hydrogens is 273 g/mol. The van der Waals surface area contributed by atoms with Gasteiger partial charge in [0.2, 0.25) is 0 Å². The highest BCUT2D eigenvalue weighted by atomic mass is 32.2. The van der Waals surface area contributed by atoms with Crippen molar-refractivity contribution < 1.29 is 13.9 Å². The van der Waals surface area contributed by atoms with E-state index in [1.807, 2.05) is 6.92 Å². The van der Waals surface area contributed by atoms with E-state index in [4.69, 9.17) is 10.5 Å². The number of carbonyl (C=O) groups excluding carboxylic acids is 1. The Hall–Kier alpha value is 0.0600. The van der Waals surface area contributed by atoms with Gasteiger partial charge < -0.3 is 10.5 Å². The predicted molar refractivity (Wildman–Crippen MR) is 76.6 cm³/mol. The maximum Gasteiger partial charge on any atom is 0.308 e. The van der Waals surface area contributed by atoms with Gasteiger partial charge in [0, 0.05) is 12.0 Å². The van der Waals surface area contributed by atoms with Gasteiger partial charge in [0.25, 0.3) is 0 Å². The van der Waals surface area contributed by atoms with Crippen LogP contribution in [-0.4, -0.2) is 41.4 Å². The van der Waals surface area contributed by atoms with Crippen molar-refractivity contribution in [1.82, 2.24) is 0 Å². The highest BCUT2D eigenvalue weighted by Crippen LogP contribution is 2.51. The number of thioether (sulfide) groups is 2. The Morgan fingerprint density at radius 3 is 2.39 bits per heavy atom. The van der Waals surface area contributed by atoms with Crippen LogP contribution in [0.1, 0.15) is 20.3 Å². The Bertz CT molecular complexity index is 283. The van der Waals surface area contributed by atoms with Gasteiger partial charge in [-0.15, -0.1) is 23.5 Å². The Kier molecular flexibility index (Phi) is 6.27. The SMILES string of the molecule is COC(=O)C(C)C(CF)C1(C(C)N)SCCCS1. The average molecular weight is 295 g/mol. The molecule has 0 amide bonds. The van der Waals surface area contributed by atoms with Gasteiger partial charge in [-0.05, 0) is 24.9 Å². The summed E-state index contributed by atoms with van der Waals surface area (Å²) in [6.07, 6.45) is 1.11. The molecule has 1 saturated heterocycles. The maximum absolute atomic E-state index is 13.5. The zero-order valence-electron chi connectivity index (χ0n) is 11.1. The number of hydrogen-bond acceptors (Lipinski definition) is 5. The molecule has 0 radical (unpaired) electrons. The van der Waals surface area contributed by atoms with E-state index in [2.05, 4.69) is 0 Å². The van der Waals surface area contributed by atoms with Gasteiger partial charge in [-0.3, -0.25) is 9.18 Å². The van der Waals surface area contributed by atoms with Gasteiger partial charge in [-0.2, -0.15) is 0 Å². The lowest BCUT2D eigenvalue weighted by atomic mass is 9.88. The van der Waals surface area contributed by atoms with Crippen LogP contribution in [0.4, 0.5) is 4.39 Å². The molecule has 1 fully saturated rings. The number of alkyl halides is 1. The van der Waals surface area contributed by atoms with Crippen molar-refractivity contribution in [3.63, 3.8) is 0 Å². The number of methoxy groups -OCH3 is 1. The molecule has 3 atom stereocenters. The molecule has 1 rings (SSSR count). The molecule has 6 heteroatoms. The molecule has 0 aromatic heterocycles. The van der Waals surface area contributed by atoms with Crippen LogP contribution in [0.5, 0.6) is 0 Å². The van der Waals surface area contributed by atoms with Gasteiger partial charge >= 0.3 is 5.97 Å².